The van der Waals surface area contributed by atoms with E-state index in [9.17, 15) is 4.79 Å². The van der Waals surface area contributed by atoms with Crippen molar-refractivity contribution in [1.29, 1.82) is 0 Å². The normalized spacial score (nSPS) is 10.5. The molecule has 1 aromatic carbocycles. The van der Waals surface area contributed by atoms with Gasteiger partial charge in [0.1, 0.15) is 4.88 Å². The van der Waals surface area contributed by atoms with Crippen molar-refractivity contribution in [3.63, 3.8) is 0 Å². The monoisotopic (exact) mass is 311 g/mol. The third-order valence-corrected chi connectivity index (χ3v) is 4.31. The first kappa shape index (κ1) is 12.1. The van der Waals surface area contributed by atoms with Gasteiger partial charge in [-0.2, -0.15) is 0 Å². The van der Waals surface area contributed by atoms with Crippen molar-refractivity contribution in [3.8, 4) is 10.4 Å². The van der Waals surface area contributed by atoms with Crippen LogP contribution in [-0.4, -0.2) is 11.1 Å². The van der Waals surface area contributed by atoms with Gasteiger partial charge in [0.2, 0.25) is 0 Å². The Morgan fingerprint density at radius 3 is 2.71 bits per heavy atom. The minimum Gasteiger partial charge on any atom is -0.477 e. The third-order valence-electron chi connectivity index (χ3n) is 2.47. The lowest BCUT2D eigenvalue weighted by atomic mass is 10.1. The molecular weight excluding hydrogens is 302 g/mol. The minimum absolute atomic E-state index is 0.206. The predicted molar refractivity (Wildman–Crippen MR) is 73.6 cm³/mol. The van der Waals surface area contributed by atoms with E-state index in [1.807, 2.05) is 31.2 Å². The summed E-state index contributed by atoms with van der Waals surface area (Å²) in [6.45, 7) is 1.84. The van der Waals surface area contributed by atoms with Gasteiger partial charge >= 0.3 is 5.97 Å². The number of hydrogen-bond acceptors (Lipinski definition) is 3. The van der Waals surface area contributed by atoms with Crippen molar-refractivity contribution in [2.45, 2.75) is 6.92 Å². The van der Waals surface area contributed by atoms with Crippen molar-refractivity contribution >= 4 is 38.9 Å². The van der Waals surface area contributed by atoms with Crippen molar-refractivity contribution < 1.29 is 9.90 Å². The van der Waals surface area contributed by atoms with Gasteiger partial charge in [-0.05, 0) is 30.2 Å². The summed E-state index contributed by atoms with van der Waals surface area (Å²) in [7, 11) is 0. The summed E-state index contributed by atoms with van der Waals surface area (Å²) in [4.78, 5) is 12.1. The second-order valence-electron chi connectivity index (χ2n) is 3.61. The molecule has 3 N–H and O–H groups in total. The molecule has 0 bridgehead atoms. The molecule has 2 aromatic rings. The molecule has 0 saturated heterocycles. The summed E-state index contributed by atoms with van der Waals surface area (Å²) in [5.41, 5.74) is 7.95. The van der Waals surface area contributed by atoms with Crippen molar-refractivity contribution in [2.75, 3.05) is 5.73 Å². The number of anilines is 1. The zero-order chi connectivity index (χ0) is 12.6. The standard InChI is InChI=1S/C12H10BrNO2S/c1-6-9(14)11(12(15)16)17-10(6)7-3-2-4-8(13)5-7/h2-5H,14H2,1H3,(H,15,16). The van der Waals surface area contributed by atoms with Crippen LogP contribution in [0.1, 0.15) is 15.2 Å². The van der Waals surface area contributed by atoms with Gasteiger partial charge in [-0.25, -0.2) is 4.79 Å². The highest BCUT2D eigenvalue weighted by Gasteiger charge is 2.18. The van der Waals surface area contributed by atoms with Crippen molar-refractivity contribution in [1.82, 2.24) is 0 Å². The summed E-state index contributed by atoms with van der Waals surface area (Å²) in [6, 6.07) is 7.72. The second kappa shape index (κ2) is 4.50. The molecule has 0 fully saturated rings. The molecule has 0 aliphatic heterocycles. The molecule has 0 saturated carbocycles. The van der Waals surface area contributed by atoms with Crippen molar-refractivity contribution in [3.05, 3.63) is 39.2 Å². The predicted octanol–water partition coefficient (Wildman–Crippen LogP) is 3.77. The van der Waals surface area contributed by atoms with Crippen LogP contribution in [0.5, 0.6) is 0 Å². The molecule has 5 heteroatoms. The second-order valence-corrected chi connectivity index (χ2v) is 5.55. The molecule has 88 valence electrons. The molecule has 1 heterocycles. The van der Waals surface area contributed by atoms with E-state index in [2.05, 4.69) is 15.9 Å². The molecule has 0 amide bonds. The first-order valence-electron chi connectivity index (χ1n) is 4.89. The van der Waals surface area contributed by atoms with Gasteiger partial charge in [0.25, 0.3) is 0 Å². The van der Waals surface area contributed by atoms with Crippen LogP contribution in [-0.2, 0) is 0 Å². The van der Waals surface area contributed by atoms with E-state index >= 15 is 0 Å². The average molecular weight is 312 g/mol. The zero-order valence-electron chi connectivity index (χ0n) is 9.03. The molecule has 1 aromatic heterocycles. The Balaban J connectivity index is 2.61. The topological polar surface area (TPSA) is 63.3 Å². The summed E-state index contributed by atoms with van der Waals surface area (Å²) in [5.74, 6) is -0.975. The Bertz CT molecular complexity index is 592. The summed E-state index contributed by atoms with van der Waals surface area (Å²) in [6.07, 6.45) is 0. The van der Waals surface area contributed by atoms with Gasteiger partial charge in [-0.3, -0.25) is 0 Å². The maximum atomic E-state index is 11.0. The van der Waals surface area contributed by atoms with Gasteiger partial charge in [-0.1, -0.05) is 28.1 Å². The Morgan fingerprint density at radius 2 is 2.18 bits per heavy atom. The van der Waals surface area contributed by atoms with Crippen LogP contribution in [0.3, 0.4) is 0 Å². The van der Waals surface area contributed by atoms with E-state index in [0.29, 0.717) is 5.69 Å². The maximum Gasteiger partial charge on any atom is 0.348 e. The van der Waals surface area contributed by atoms with Gasteiger partial charge < -0.3 is 10.8 Å². The fourth-order valence-corrected chi connectivity index (χ4v) is 3.05. The van der Waals surface area contributed by atoms with Crippen LogP contribution in [0.25, 0.3) is 10.4 Å². The lowest BCUT2D eigenvalue weighted by molar-refractivity contribution is 0.0703. The number of halogens is 1. The zero-order valence-corrected chi connectivity index (χ0v) is 11.4. The minimum atomic E-state index is -0.975. The van der Waals surface area contributed by atoms with E-state index in [0.717, 1.165) is 20.5 Å². The number of thiophene rings is 1. The first-order valence-corrected chi connectivity index (χ1v) is 6.49. The fraction of sp³-hybridized carbons (Fsp3) is 0.0833. The van der Waals surface area contributed by atoms with Gasteiger partial charge in [0, 0.05) is 9.35 Å². The van der Waals surface area contributed by atoms with Gasteiger partial charge in [0.15, 0.2) is 0 Å². The summed E-state index contributed by atoms with van der Waals surface area (Å²) < 4.78 is 0.957. The molecule has 0 atom stereocenters. The lowest BCUT2D eigenvalue weighted by Gasteiger charge is -2.00. The Hall–Kier alpha value is -1.33. The highest BCUT2D eigenvalue weighted by atomic mass is 79.9. The number of carboxylic acid groups (broad SMARTS) is 1. The molecule has 0 radical (unpaired) electrons. The highest BCUT2D eigenvalue weighted by molar-refractivity contribution is 9.10. The quantitative estimate of drug-likeness (QED) is 0.887. The number of benzene rings is 1. The average Bonchev–Trinajstić information content (AvgIpc) is 2.56. The van der Waals surface area contributed by atoms with Crippen LogP contribution in [0.15, 0.2) is 28.7 Å². The van der Waals surface area contributed by atoms with E-state index in [4.69, 9.17) is 10.8 Å². The number of hydrogen-bond donors (Lipinski definition) is 2. The fourth-order valence-electron chi connectivity index (χ4n) is 1.59. The Morgan fingerprint density at radius 1 is 1.47 bits per heavy atom. The molecule has 2 rings (SSSR count). The number of carbonyl (C=O) groups is 1. The maximum absolute atomic E-state index is 11.0. The Labute approximate surface area is 111 Å². The molecule has 3 nitrogen and oxygen atoms in total. The molecule has 0 aliphatic carbocycles. The smallest absolute Gasteiger partial charge is 0.348 e. The lowest BCUT2D eigenvalue weighted by Crippen LogP contribution is -1.97. The molecular formula is C12H10BrNO2S. The summed E-state index contributed by atoms with van der Waals surface area (Å²) in [5, 5.41) is 9.03. The molecule has 0 unspecified atom stereocenters. The van der Waals surface area contributed by atoms with Crippen LogP contribution >= 0.6 is 27.3 Å². The SMILES string of the molecule is Cc1c(-c2cccc(Br)c2)sc(C(=O)O)c1N. The molecule has 17 heavy (non-hydrogen) atoms. The van der Waals surface area contributed by atoms with Crippen LogP contribution < -0.4 is 5.73 Å². The highest BCUT2D eigenvalue weighted by Crippen LogP contribution is 2.38. The van der Waals surface area contributed by atoms with Gasteiger partial charge in [-0.15, -0.1) is 11.3 Å². The number of rotatable bonds is 2. The first-order chi connectivity index (χ1) is 8.00. The number of nitrogen functional groups attached to an aromatic ring is 1. The van der Waals surface area contributed by atoms with Crippen molar-refractivity contribution in [2.24, 2.45) is 0 Å². The van der Waals surface area contributed by atoms with Gasteiger partial charge in [0.05, 0.1) is 5.69 Å². The Kier molecular flexibility index (Phi) is 3.22. The third kappa shape index (κ3) is 2.21. The van der Waals surface area contributed by atoms with Crippen LogP contribution in [0.2, 0.25) is 0 Å². The number of aromatic carboxylic acids is 1. The molecule has 0 spiro atoms. The van der Waals surface area contributed by atoms with Crippen LogP contribution in [0.4, 0.5) is 5.69 Å². The van der Waals surface area contributed by atoms with E-state index in [-0.39, 0.29) is 4.88 Å². The number of nitrogens with two attached hydrogens (primary N) is 1. The van der Waals surface area contributed by atoms with E-state index in [1.165, 1.54) is 11.3 Å². The van der Waals surface area contributed by atoms with E-state index in [1.54, 1.807) is 0 Å². The van der Waals surface area contributed by atoms with Crippen LogP contribution in [0, 0.1) is 6.92 Å². The van der Waals surface area contributed by atoms with E-state index < -0.39 is 5.97 Å². The number of carboxylic acids is 1. The summed E-state index contributed by atoms with van der Waals surface area (Å²) >= 11 is 4.61. The largest absolute Gasteiger partial charge is 0.477 e. The molecule has 0 aliphatic rings.